The molecule has 0 radical (unpaired) electrons. The number of pyridine rings is 2. The number of benzene rings is 2. The normalized spacial score (nSPS) is 20.4. The minimum Gasteiger partial charge on any atom is -0.489 e. The van der Waals surface area contributed by atoms with Crippen LogP contribution in [0.5, 0.6) is 11.5 Å². The first-order chi connectivity index (χ1) is 22.8. The van der Waals surface area contributed by atoms with E-state index in [0.717, 1.165) is 31.0 Å². The molecular formula is C34H30F4N4O6. The Morgan fingerprint density at radius 2 is 1.85 bits per heavy atom. The number of aliphatic hydroxyl groups excluding tert-OH is 1. The summed E-state index contributed by atoms with van der Waals surface area (Å²) < 4.78 is 70.4. The van der Waals surface area contributed by atoms with Crippen molar-refractivity contribution in [3.63, 3.8) is 0 Å². The fourth-order valence-electron chi connectivity index (χ4n) is 5.94. The number of carbonyl (C=O) groups is 2. The van der Waals surface area contributed by atoms with E-state index < -0.39 is 53.2 Å². The second-order valence-corrected chi connectivity index (χ2v) is 12.6. The van der Waals surface area contributed by atoms with Gasteiger partial charge in [-0.25, -0.2) is 9.37 Å². The minimum absolute atomic E-state index is 0.00352. The van der Waals surface area contributed by atoms with Crippen molar-refractivity contribution in [2.24, 2.45) is 0 Å². The largest absolute Gasteiger partial charge is 0.489 e. The van der Waals surface area contributed by atoms with Crippen LogP contribution in [0.4, 0.5) is 17.6 Å². The Morgan fingerprint density at radius 1 is 1.12 bits per heavy atom. The summed E-state index contributed by atoms with van der Waals surface area (Å²) >= 11 is 0. The minimum atomic E-state index is -5.36. The van der Waals surface area contributed by atoms with Crippen molar-refractivity contribution in [2.45, 2.75) is 49.2 Å². The number of nitrogens with one attached hydrogen (secondary N) is 1. The lowest BCUT2D eigenvalue weighted by atomic mass is 9.80. The molecule has 10 nitrogen and oxygen atoms in total. The highest BCUT2D eigenvalue weighted by atomic mass is 19.4. The van der Waals surface area contributed by atoms with Gasteiger partial charge in [-0.2, -0.15) is 13.2 Å². The Hall–Kier alpha value is -4.82. The van der Waals surface area contributed by atoms with Gasteiger partial charge >= 0.3 is 6.18 Å². The Kier molecular flexibility index (Phi) is 7.55. The molecule has 0 unspecified atom stereocenters. The molecule has 2 fully saturated rings. The average molecular weight is 667 g/mol. The SMILES string of the molecule is C[C@]1(C(=O)N2CC(O)C2)COc2c1cc([C@@](O)(CNC(=O)c1cc(OC3CC3)c3ncccc3c1)C(F)(F)F)nc2-c1ccc(F)cc1. The molecule has 2 atom stereocenters. The summed E-state index contributed by atoms with van der Waals surface area (Å²) in [5.41, 5.74) is -5.61. The van der Waals surface area contributed by atoms with Crippen molar-refractivity contribution in [2.75, 3.05) is 26.2 Å². The fourth-order valence-corrected chi connectivity index (χ4v) is 5.94. The highest BCUT2D eigenvalue weighted by Gasteiger charge is 2.58. The van der Waals surface area contributed by atoms with Gasteiger partial charge in [0.2, 0.25) is 11.5 Å². The molecule has 1 saturated heterocycles. The third-order valence-electron chi connectivity index (χ3n) is 8.96. The molecule has 48 heavy (non-hydrogen) atoms. The zero-order valence-electron chi connectivity index (χ0n) is 25.6. The van der Waals surface area contributed by atoms with E-state index in [-0.39, 0.29) is 53.9 Å². The topological polar surface area (TPSA) is 134 Å². The number of carbonyl (C=O) groups excluding carboxylic acids is 2. The van der Waals surface area contributed by atoms with Gasteiger partial charge in [0.15, 0.2) is 0 Å². The number of rotatable bonds is 8. The van der Waals surface area contributed by atoms with E-state index >= 15 is 0 Å². The summed E-state index contributed by atoms with van der Waals surface area (Å²) in [6.45, 7) is -0.00495. The highest BCUT2D eigenvalue weighted by molar-refractivity contribution is 6.00. The number of β-amino-alcohol motifs (C(OH)–C–C–N with tert-alkyl or cyclic N) is 1. The van der Waals surface area contributed by atoms with Crippen molar-refractivity contribution in [1.82, 2.24) is 20.2 Å². The Balaban J connectivity index is 1.28. The molecule has 1 aliphatic carbocycles. The lowest BCUT2D eigenvalue weighted by molar-refractivity contribution is -0.265. The first-order valence-corrected chi connectivity index (χ1v) is 15.3. The Labute approximate surface area is 271 Å². The molecule has 250 valence electrons. The average Bonchev–Trinajstić information content (AvgIpc) is 3.80. The van der Waals surface area contributed by atoms with Crippen LogP contribution in [0.25, 0.3) is 22.2 Å². The number of fused-ring (bicyclic) bond motifs is 2. The van der Waals surface area contributed by atoms with Gasteiger partial charge in [0.05, 0.1) is 24.4 Å². The number of amides is 2. The van der Waals surface area contributed by atoms with Crippen molar-refractivity contribution in [1.29, 1.82) is 0 Å². The summed E-state index contributed by atoms with van der Waals surface area (Å²) in [5.74, 6) is -1.69. The van der Waals surface area contributed by atoms with Gasteiger partial charge in [0.25, 0.3) is 5.91 Å². The number of alkyl halides is 3. The summed E-state index contributed by atoms with van der Waals surface area (Å²) in [4.78, 5) is 36.8. The van der Waals surface area contributed by atoms with E-state index in [9.17, 15) is 37.4 Å². The number of aromatic nitrogens is 2. The van der Waals surface area contributed by atoms with Crippen LogP contribution in [-0.2, 0) is 15.8 Å². The van der Waals surface area contributed by atoms with E-state index in [4.69, 9.17) is 9.47 Å². The van der Waals surface area contributed by atoms with E-state index in [1.807, 2.05) is 0 Å². The van der Waals surface area contributed by atoms with Crippen LogP contribution in [0.1, 0.15) is 41.4 Å². The van der Waals surface area contributed by atoms with Gasteiger partial charge < -0.3 is 29.9 Å². The first-order valence-electron chi connectivity index (χ1n) is 15.3. The number of ether oxygens (including phenoxy) is 2. The molecule has 2 aliphatic heterocycles. The number of halogens is 4. The van der Waals surface area contributed by atoms with Gasteiger partial charge in [-0.1, -0.05) is 6.07 Å². The molecule has 3 aliphatic rings. The summed E-state index contributed by atoms with van der Waals surface area (Å²) in [6, 6.07) is 11.9. The number of nitrogens with zero attached hydrogens (tertiary/aromatic N) is 3. The first kappa shape index (κ1) is 31.8. The fraction of sp³-hybridized carbons (Fsp3) is 0.353. The number of hydrogen-bond donors (Lipinski definition) is 3. The highest BCUT2D eigenvalue weighted by Crippen LogP contribution is 2.48. The van der Waals surface area contributed by atoms with Crippen LogP contribution in [-0.4, -0.2) is 81.5 Å². The standard InChI is InChI=1S/C34H30F4N4O6/c1-32(31(45)42-14-22(43)15-42)17-47-29-24(32)13-26(41-28(29)18-4-6-21(35)7-5-18)33(46,34(36,37)38)16-40-30(44)20-11-19-3-2-10-39-27(19)25(12-20)48-23-8-9-23/h2-7,10-13,22-23,43,46H,8-9,14-17H2,1H3,(H,40,44)/t32-,33-/m0/s1. The van der Waals surface area contributed by atoms with Crippen molar-refractivity contribution in [3.05, 3.63) is 83.4 Å². The number of hydrogen-bond acceptors (Lipinski definition) is 8. The second-order valence-electron chi connectivity index (χ2n) is 12.6. The molecule has 2 aromatic carbocycles. The number of likely N-dealkylation sites (tertiary alicyclic amines) is 1. The summed E-state index contributed by atoms with van der Waals surface area (Å²) in [7, 11) is 0. The smallest absolute Gasteiger partial charge is 0.424 e. The van der Waals surface area contributed by atoms with Crippen LogP contribution in [0.15, 0.2) is 60.8 Å². The molecule has 14 heteroatoms. The van der Waals surface area contributed by atoms with Gasteiger partial charge in [-0.05, 0) is 68.3 Å². The van der Waals surface area contributed by atoms with Crippen molar-refractivity contribution in [3.8, 4) is 22.8 Å². The molecule has 7 rings (SSSR count). The predicted octanol–water partition coefficient (Wildman–Crippen LogP) is 4.01. The van der Waals surface area contributed by atoms with E-state index in [1.165, 1.54) is 36.1 Å². The summed E-state index contributed by atoms with van der Waals surface area (Å²) in [5, 5.41) is 24.0. The van der Waals surface area contributed by atoms with Gasteiger partial charge in [-0.3, -0.25) is 14.6 Å². The molecule has 4 aromatic rings. The molecule has 1 saturated carbocycles. The monoisotopic (exact) mass is 666 g/mol. The molecule has 2 amide bonds. The number of aliphatic hydroxyl groups is 2. The lowest BCUT2D eigenvalue weighted by Gasteiger charge is -2.40. The summed E-state index contributed by atoms with van der Waals surface area (Å²) in [6.07, 6.45) is -2.92. The molecular weight excluding hydrogens is 636 g/mol. The molecule has 4 heterocycles. The van der Waals surface area contributed by atoms with Crippen molar-refractivity contribution < 1.29 is 46.8 Å². The van der Waals surface area contributed by atoms with Crippen LogP contribution < -0.4 is 14.8 Å². The molecule has 0 spiro atoms. The second kappa shape index (κ2) is 11.4. The Bertz CT molecular complexity index is 1930. The van der Waals surface area contributed by atoms with Gasteiger partial charge in [0.1, 0.15) is 40.5 Å². The molecule has 0 bridgehead atoms. The predicted molar refractivity (Wildman–Crippen MR) is 163 cm³/mol. The maximum absolute atomic E-state index is 14.9. The van der Waals surface area contributed by atoms with Crippen LogP contribution in [0.2, 0.25) is 0 Å². The van der Waals surface area contributed by atoms with Crippen LogP contribution in [0.3, 0.4) is 0 Å². The maximum atomic E-state index is 14.9. The van der Waals surface area contributed by atoms with Crippen LogP contribution >= 0.6 is 0 Å². The van der Waals surface area contributed by atoms with Crippen molar-refractivity contribution >= 4 is 22.7 Å². The zero-order valence-corrected chi connectivity index (χ0v) is 25.6. The zero-order chi connectivity index (χ0) is 34.0. The van der Waals surface area contributed by atoms with Gasteiger partial charge in [-0.15, -0.1) is 0 Å². The van der Waals surface area contributed by atoms with E-state index in [0.29, 0.717) is 16.7 Å². The Morgan fingerprint density at radius 3 is 2.52 bits per heavy atom. The maximum Gasteiger partial charge on any atom is 0.424 e. The third-order valence-corrected chi connectivity index (χ3v) is 8.96. The van der Waals surface area contributed by atoms with Gasteiger partial charge in [0, 0.05) is 41.4 Å². The quantitative estimate of drug-likeness (QED) is 0.241. The molecule has 2 aromatic heterocycles. The third kappa shape index (κ3) is 5.48. The van der Waals surface area contributed by atoms with E-state index in [1.54, 1.807) is 18.3 Å². The lowest BCUT2D eigenvalue weighted by Crippen LogP contribution is -2.59. The molecule has 3 N–H and O–H groups in total. The van der Waals surface area contributed by atoms with Crippen LogP contribution in [0, 0.1) is 5.82 Å². The van der Waals surface area contributed by atoms with E-state index in [2.05, 4.69) is 15.3 Å².